The predicted molar refractivity (Wildman–Crippen MR) is 143 cm³/mol. The number of para-hydroxylation sites is 1. The van der Waals surface area contributed by atoms with Gasteiger partial charge in [-0.05, 0) is 51.5 Å². The first-order valence-electron chi connectivity index (χ1n) is 12.0. The van der Waals surface area contributed by atoms with E-state index in [-0.39, 0.29) is 19.0 Å². The molecule has 0 spiro atoms. The monoisotopic (exact) mass is 519 g/mol. The molecule has 2 aromatic carbocycles. The van der Waals surface area contributed by atoms with Crippen LogP contribution in [-0.4, -0.2) is 35.2 Å². The molecule has 192 valence electrons. The molecule has 0 unspecified atom stereocenters. The third-order valence-corrected chi connectivity index (χ3v) is 6.67. The molecular weight excluding hydrogens is 490 g/mol. The molecule has 0 saturated heterocycles. The number of thiazole rings is 1. The summed E-state index contributed by atoms with van der Waals surface area (Å²) in [6.45, 7) is 7.49. The van der Waals surface area contributed by atoms with E-state index in [4.69, 9.17) is 9.47 Å². The van der Waals surface area contributed by atoms with Gasteiger partial charge in [-0.1, -0.05) is 30.3 Å². The van der Waals surface area contributed by atoms with Gasteiger partial charge in [0.1, 0.15) is 5.75 Å². The second kappa shape index (κ2) is 11.3. The molecule has 0 saturated carbocycles. The van der Waals surface area contributed by atoms with E-state index in [0.29, 0.717) is 44.6 Å². The number of hydrogen-bond acceptors (Lipinski definition) is 9. The highest BCUT2D eigenvalue weighted by Crippen LogP contribution is 2.43. The van der Waals surface area contributed by atoms with Crippen LogP contribution in [0.4, 0.5) is 10.8 Å². The van der Waals surface area contributed by atoms with E-state index in [1.54, 1.807) is 45.9 Å². The van der Waals surface area contributed by atoms with Crippen molar-refractivity contribution in [1.29, 1.82) is 0 Å². The topological polar surface area (TPSA) is 110 Å². The smallest absolute Gasteiger partial charge is 0.336 e. The molecule has 0 atom stereocenters. The molecule has 9 heteroatoms. The Morgan fingerprint density at radius 3 is 2.27 bits per heavy atom. The average molecular weight is 520 g/mol. The van der Waals surface area contributed by atoms with Crippen molar-refractivity contribution in [3.05, 3.63) is 82.0 Å². The highest BCUT2D eigenvalue weighted by Gasteiger charge is 2.39. The number of hydrogen-bond donors (Lipinski definition) is 3. The minimum Gasteiger partial charge on any atom is -0.508 e. The number of nitrogens with one attached hydrogen (secondary N) is 2. The van der Waals surface area contributed by atoms with Crippen molar-refractivity contribution >= 4 is 34.1 Å². The van der Waals surface area contributed by atoms with Gasteiger partial charge in [0, 0.05) is 28.0 Å². The highest BCUT2D eigenvalue weighted by molar-refractivity contribution is 7.14. The van der Waals surface area contributed by atoms with Crippen LogP contribution >= 0.6 is 11.3 Å². The lowest BCUT2D eigenvalue weighted by molar-refractivity contribution is -0.139. The van der Waals surface area contributed by atoms with E-state index in [2.05, 4.69) is 15.6 Å². The molecule has 2 heterocycles. The maximum absolute atomic E-state index is 13.1. The van der Waals surface area contributed by atoms with Crippen LogP contribution in [0.25, 0.3) is 11.3 Å². The Morgan fingerprint density at radius 2 is 1.65 bits per heavy atom. The van der Waals surface area contributed by atoms with Gasteiger partial charge in [0.2, 0.25) is 0 Å². The first-order chi connectivity index (χ1) is 17.8. The van der Waals surface area contributed by atoms with Crippen molar-refractivity contribution in [1.82, 2.24) is 10.3 Å². The van der Waals surface area contributed by atoms with Crippen LogP contribution in [0.2, 0.25) is 0 Å². The Morgan fingerprint density at radius 1 is 1.00 bits per heavy atom. The fourth-order valence-electron chi connectivity index (χ4n) is 4.37. The third kappa shape index (κ3) is 5.51. The molecule has 4 rings (SSSR count). The Kier molecular flexibility index (Phi) is 7.93. The van der Waals surface area contributed by atoms with Gasteiger partial charge in [0.05, 0.1) is 36.0 Å². The van der Waals surface area contributed by atoms with E-state index in [1.165, 1.54) is 11.3 Å². The molecule has 0 bridgehead atoms. The first kappa shape index (κ1) is 26.0. The zero-order valence-electron chi connectivity index (χ0n) is 21.1. The van der Waals surface area contributed by atoms with Gasteiger partial charge in [-0.3, -0.25) is 0 Å². The third-order valence-electron chi connectivity index (χ3n) is 5.91. The van der Waals surface area contributed by atoms with Crippen LogP contribution in [-0.2, 0) is 19.1 Å². The van der Waals surface area contributed by atoms with Gasteiger partial charge in [-0.2, -0.15) is 0 Å². The molecule has 37 heavy (non-hydrogen) atoms. The number of carbonyl (C=O) groups is 2. The molecule has 0 fully saturated rings. The lowest BCUT2D eigenvalue weighted by Crippen LogP contribution is -2.32. The molecule has 1 aromatic heterocycles. The number of phenolic OH excluding ortho intramolecular Hbond substituents is 1. The molecule has 8 nitrogen and oxygen atoms in total. The van der Waals surface area contributed by atoms with E-state index < -0.39 is 17.9 Å². The number of carbonyl (C=O) groups excluding carboxylic acids is 2. The molecule has 3 N–H and O–H groups in total. The van der Waals surface area contributed by atoms with E-state index in [0.717, 1.165) is 5.56 Å². The van der Waals surface area contributed by atoms with Gasteiger partial charge < -0.3 is 25.2 Å². The van der Waals surface area contributed by atoms with Crippen LogP contribution in [0.5, 0.6) is 5.75 Å². The number of esters is 2. The van der Waals surface area contributed by atoms with Gasteiger partial charge in [-0.25, -0.2) is 14.6 Å². The number of ether oxygens (including phenoxy) is 2. The average Bonchev–Trinajstić information content (AvgIpc) is 3.33. The van der Waals surface area contributed by atoms with Crippen molar-refractivity contribution in [3.63, 3.8) is 0 Å². The Hall–Kier alpha value is -4.11. The number of rotatable bonds is 8. The Labute approximate surface area is 219 Å². The summed E-state index contributed by atoms with van der Waals surface area (Å²) >= 11 is 1.41. The van der Waals surface area contributed by atoms with E-state index >= 15 is 0 Å². The van der Waals surface area contributed by atoms with Crippen molar-refractivity contribution in [2.24, 2.45) is 0 Å². The standard InChI is InChI=1S/C28H29N3O5S/c1-5-35-26(33)23-16(3)29-17(4)24(27(34)36-6-2)25(23)20-12-7-8-13-21(20)30-28-31-22(15-37-28)18-10-9-11-19(32)14-18/h7-15,25,29,32H,5-6H2,1-4H3,(H,30,31). The quantitative estimate of drug-likeness (QED) is 0.329. The molecule has 1 aliphatic heterocycles. The fourth-order valence-corrected chi connectivity index (χ4v) is 5.10. The number of allylic oxidation sites excluding steroid dienone is 2. The maximum atomic E-state index is 13.1. The molecular formula is C28H29N3O5S. The van der Waals surface area contributed by atoms with E-state index in [9.17, 15) is 14.7 Å². The number of aromatic nitrogens is 1. The van der Waals surface area contributed by atoms with Gasteiger partial charge >= 0.3 is 11.9 Å². The SMILES string of the molecule is CCOC(=O)C1=C(C)NC(C)=C(C(=O)OCC)C1c1ccccc1Nc1nc(-c2cccc(O)c2)cs1. The summed E-state index contributed by atoms with van der Waals surface area (Å²) in [6, 6.07) is 14.4. The maximum Gasteiger partial charge on any atom is 0.336 e. The molecule has 1 aliphatic rings. The number of anilines is 2. The van der Waals surface area contributed by atoms with E-state index in [1.807, 2.05) is 35.7 Å². The Bertz CT molecular complexity index is 1350. The van der Waals surface area contributed by atoms with Crippen molar-refractivity contribution in [3.8, 4) is 17.0 Å². The van der Waals surface area contributed by atoms with Crippen molar-refractivity contribution in [2.75, 3.05) is 18.5 Å². The van der Waals surface area contributed by atoms with Gasteiger partial charge in [0.15, 0.2) is 5.13 Å². The summed E-state index contributed by atoms with van der Waals surface area (Å²) in [5.41, 5.74) is 4.84. The minimum atomic E-state index is -0.714. The van der Waals surface area contributed by atoms with Crippen LogP contribution in [0, 0.1) is 0 Å². The number of nitrogens with zero attached hydrogens (tertiary/aromatic N) is 1. The molecule has 0 amide bonds. The lowest BCUT2D eigenvalue weighted by atomic mass is 9.79. The molecule has 0 radical (unpaired) electrons. The van der Waals surface area contributed by atoms with Crippen molar-refractivity contribution < 1.29 is 24.2 Å². The first-order valence-corrected chi connectivity index (χ1v) is 12.9. The zero-order valence-corrected chi connectivity index (χ0v) is 21.9. The van der Waals surface area contributed by atoms with Crippen LogP contribution in [0.1, 0.15) is 39.2 Å². The summed E-state index contributed by atoms with van der Waals surface area (Å²) < 4.78 is 10.8. The molecule has 0 aliphatic carbocycles. The van der Waals surface area contributed by atoms with Crippen LogP contribution in [0.15, 0.2) is 76.5 Å². The second-order valence-corrected chi connectivity index (χ2v) is 9.23. The van der Waals surface area contributed by atoms with Gasteiger partial charge in [-0.15, -0.1) is 11.3 Å². The Balaban J connectivity index is 1.78. The largest absolute Gasteiger partial charge is 0.508 e. The van der Waals surface area contributed by atoms with Crippen LogP contribution in [0.3, 0.4) is 0 Å². The number of aromatic hydroxyl groups is 1. The normalized spacial score (nSPS) is 13.8. The zero-order chi connectivity index (χ0) is 26.5. The number of phenols is 1. The number of dihydropyridines is 1. The predicted octanol–water partition coefficient (Wildman–Crippen LogP) is 5.62. The van der Waals surface area contributed by atoms with Crippen molar-refractivity contribution in [2.45, 2.75) is 33.6 Å². The van der Waals surface area contributed by atoms with Crippen LogP contribution < -0.4 is 10.6 Å². The molecule has 3 aromatic rings. The summed E-state index contributed by atoms with van der Waals surface area (Å²) in [5, 5.41) is 18.9. The number of benzene rings is 2. The summed E-state index contributed by atoms with van der Waals surface area (Å²) in [7, 11) is 0. The summed E-state index contributed by atoms with van der Waals surface area (Å²) in [4.78, 5) is 30.9. The minimum absolute atomic E-state index is 0.165. The van der Waals surface area contributed by atoms with Gasteiger partial charge in [0.25, 0.3) is 0 Å². The summed E-state index contributed by atoms with van der Waals surface area (Å²) in [6.07, 6.45) is 0. The summed E-state index contributed by atoms with van der Waals surface area (Å²) in [5.74, 6) is -1.55. The lowest BCUT2D eigenvalue weighted by Gasteiger charge is -2.31. The second-order valence-electron chi connectivity index (χ2n) is 8.38. The fraction of sp³-hybridized carbons (Fsp3) is 0.250. The highest BCUT2D eigenvalue weighted by atomic mass is 32.1.